The first-order valence-corrected chi connectivity index (χ1v) is 9.55. The van der Waals surface area contributed by atoms with Crippen molar-refractivity contribution in [3.05, 3.63) is 27.5 Å². The average molecular weight is 329 g/mol. The minimum Gasteiger partial charge on any atom is -0.310 e. The van der Waals surface area contributed by atoms with E-state index in [0.717, 1.165) is 22.7 Å². The van der Waals surface area contributed by atoms with Gasteiger partial charge < -0.3 is 5.32 Å². The van der Waals surface area contributed by atoms with Crippen molar-refractivity contribution in [3.8, 4) is 0 Å². The number of hydrogen-bond donors (Lipinski definition) is 1. The lowest BCUT2D eigenvalue weighted by atomic mass is 10.1. The predicted molar refractivity (Wildman–Crippen MR) is 88.2 cm³/mol. The topological polar surface area (TPSA) is 49.4 Å². The Bertz CT molecular complexity index is 630. The minimum atomic E-state index is -3.36. The molecule has 0 amide bonds. The van der Waals surface area contributed by atoms with E-state index in [-0.39, 0.29) is 0 Å². The van der Waals surface area contributed by atoms with Crippen LogP contribution < -0.4 is 5.32 Å². The van der Waals surface area contributed by atoms with E-state index in [9.17, 15) is 8.42 Å². The van der Waals surface area contributed by atoms with Crippen LogP contribution in [0, 0.1) is 6.92 Å². The summed E-state index contributed by atoms with van der Waals surface area (Å²) in [5, 5.41) is 3.33. The summed E-state index contributed by atoms with van der Waals surface area (Å²) in [5.41, 5.74) is 1.27. The predicted octanol–water partition coefficient (Wildman–Crippen LogP) is 2.90. The number of sulfonamides is 1. The molecule has 1 aliphatic heterocycles. The molecule has 1 aliphatic rings. The first-order valence-electron chi connectivity index (χ1n) is 7.29. The summed E-state index contributed by atoms with van der Waals surface area (Å²) in [6.45, 7) is 9.90. The first-order chi connectivity index (χ1) is 9.80. The number of aryl methyl sites for hydroxylation is 1. The molecule has 0 spiro atoms. The van der Waals surface area contributed by atoms with Gasteiger partial charge >= 0.3 is 0 Å². The third-order valence-corrected chi connectivity index (χ3v) is 6.80. The van der Waals surface area contributed by atoms with Gasteiger partial charge in [0.15, 0.2) is 0 Å². The smallest absolute Gasteiger partial charge is 0.244 e. The van der Waals surface area contributed by atoms with Crippen LogP contribution in [0.15, 0.2) is 22.6 Å². The zero-order chi connectivity index (χ0) is 15.6. The second-order valence-corrected chi connectivity index (χ2v) is 9.08. The number of nitrogens with zero attached hydrogens (tertiary/aromatic N) is 1. The molecule has 6 heteroatoms. The van der Waals surface area contributed by atoms with E-state index in [1.54, 1.807) is 15.6 Å². The SMILES string of the molecule is CC1=CCN(S(=O)(=O)c2cc(CNC(C)C)sc2C)CC1. The number of hydrogen-bond acceptors (Lipinski definition) is 4. The molecule has 0 unspecified atom stereocenters. The summed E-state index contributed by atoms with van der Waals surface area (Å²) < 4.78 is 27.1. The Morgan fingerprint density at radius 2 is 2.10 bits per heavy atom. The molecule has 0 bridgehead atoms. The lowest BCUT2D eigenvalue weighted by Gasteiger charge is -2.24. The van der Waals surface area contributed by atoms with Gasteiger partial charge in [0.05, 0.1) is 4.90 Å². The van der Waals surface area contributed by atoms with Crippen LogP contribution in [-0.2, 0) is 16.6 Å². The van der Waals surface area contributed by atoms with Crippen molar-refractivity contribution >= 4 is 21.4 Å². The van der Waals surface area contributed by atoms with E-state index in [1.807, 2.05) is 19.1 Å². The molecule has 1 N–H and O–H groups in total. The first kappa shape index (κ1) is 16.7. The van der Waals surface area contributed by atoms with Crippen molar-refractivity contribution in [2.45, 2.75) is 51.6 Å². The summed E-state index contributed by atoms with van der Waals surface area (Å²) in [7, 11) is -3.36. The second-order valence-electron chi connectivity index (χ2n) is 5.83. The molecular formula is C15H24N2O2S2. The molecule has 1 aromatic heterocycles. The molecule has 0 aromatic carbocycles. The second kappa shape index (κ2) is 6.60. The molecular weight excluding hydrogens is 304 g/mol. The van der Waals surface area contributed by atoms with Gasteiger partial charge in [-0.15, -0.1) is 11.3 Å². The van der Waals surface area contributed by atoms with Crippen molar-refractivity contribution < 1.29 is 8.42 Å². The fraction of sp³-hybridized carbons (Fsp3) is 0.600. The molecule has 0 atom stereocenters. The maximum Gasteiger partial charge on any atom is 0.244 e. The fourth-order valence-electron chi connectivity index (χ4n) is 2.28. The number of nitrogens with one attached hydrogen (secondary N) is 1. The standard InChI is InChI=1S/C15H24N2O2S2/c1-11(2)16-10-14-9-15(13(4)20-14)21(18,19)17-7-5-12(3)6-8-17/h5,9,11,16H,6-8,10H2,1-4H3. The van der Waals surface area contributed by atoms with Crippen molar-refractivity contribution in [1.29, 1.82) is 0 Å². The number of thiophene rings is 1. The summed E-state index contributed by atoms with van der Waals surface area (Å²) >= 11 is 1.56. The van der Waals surface area contributed by atoms with Crippen LogP contribution in [0.2, 0.25) is 0 Å². The monoisotopic (exact) mass is 328 g/mol. The van der Waals surface area contributed by atoms with E-state index in [1.165, 1.54) is 5.57 Å². The van der Waals surface area contributed by atoms with Gasteiger partial charge in [-0.1, -0.05) is 25.5 Å². The lowest BCUT2D eigenvalue weighted by Crippen LogP contribution is -2.34. The highest BCUT2D eigenvalue weighted by Crippen LogP contribution is 2.29. The maximum atomic E-state index is 12.7. The highest BCUT2D eigenvalue weighted by molar-refractivity contribution is 7.89. The van der Waals surface area contributed by atoms with Gasteiger partial charge in [0, 0.05) is 35.4 Å². The molecule has 0 radical (unpaired) electrons. The van der Waals surface area contributed by atoms with E-state index >= 15 is 0 Å². The van der Waals surface area contributed by atoms with Crippen LogP contribution in [0.3, 0.4) is 0 Å². The molecule has 2 rings (SSSR count). The lowest BCUT2D eigenvalue weighted by molar-refractivity contribution is 0.431. The van der Waals surface area contributed by atoms with Crippen LogP contribution in [-0.4, -0.2) is 31.9 Å². The zero-order valence-corrected chi connectivity index (χ0v) is 14.8. The van der Waals surface area contributed by atoms with Crippen LogP contribution in [0.1, 0.15) is 36.9 Å². The van der Waals surface area contributed by atoms with Gasteiger partial charge in [-0.25, -0.2) is 8.42 Å². The van der Waals surface area contributed by atoms with Crippen LogP contribution in [0.25, 0.3) is 0 Å². The average Bonchev–Trinajstić information content (AvgIpc) is 2.79. The highest BCUT2D eigenvalue weighted by Gasteiger charge is 2.28. The third-order valence-electron chi connectivity index (χ3n) is 3.62. The van der Waals surface area contributed by atoms with Crippen molar-refractivity contribution in [2.24, 2.45) is 0 Å². The quantitative estimate of drug-likeness (QED) is 0.846. The Kier molecular flexibility index (Phi) is 5.24. The molecule has 0 aliphatic carbocycles. The Morgan fingerprint density at radius 1 is 1.38 bits per heavy atom. The van der Waals surface area contributed by atoms with Gasteiger partial charge in [0.25, 0.3) is 0 Å². The fourth-order valence-corrected chi connectivity index (χ4v) is 5.22. The largest absolute Gasteiger partial charge is 0.310 e. The summed E-state index contributed by atoms with van der Waals surface area (Å²) in [5.74, 6) is 0. The normalized spacial score (nSPS) is 17.3. The van der Waals surface area contributed by atoms with E-state index in [2.05, 4.69) is 26.1 Å². The van der Waals surface area contributed by atoms with Gasteiger partial charge in [-0.05, 0) is 26.3 Å². The van der Waals surface area contributed by atoms with Crippen LogP contribution in [0.4, 0.5) is 0 Å². The van der Waals surface area contributed by atoms with Gasteiger partial charge in [-0.3, -0.25) is 0 Å². The van der Waals surface area contributed by atoms with Gasteiger partial charge in [0.1, 0.15) is 0 Å². The Labute approximate surface area is 131 Å². The van der Waals surface area contributed by atoms with E-state index in [4.69, 9.17) is 0 Å². The summed E-state index contributed by atoms with van der Waals surface area (Å²) in [6.07, 6.45) is 2.83. The molecule has 0 saturated carbocycles. The third kappa shape index (κ3) is 3.94. The molecule has 4 nitrogen and oxygen atoms in total. The van der Waals surface area contributed by atoms with Crippen LogP contribution in [0.5, 0.6) is 0 Å². The minimum absolute atomic E-state index is 0.391. The summed E-state index contributed by atoms with van der Waals surface area (Å²) in [6, 6.07) is 2.22. The Balaban J connectivity index is 2.20. The van der Waals surface area contributed by atoms with Gasteiger partial charge in [0.2, 0.25) is 10.0 Å². The Hall–Kier alpha value is -0.690. The van der Waals surface area contributed by atoms with Crippen molar-refractivity contribution in [2.75, 3.05) is 13.1 Å². The number of rotatable bonds is 5. The molecule has 2 heterocycles. The maximum absolute atomic E-state index is 12.7. The van der Waals surface area contributed by atoms with Crippen LogP contribution >= 0.6 is 11.3 Å². The molecule has 0 fully saturated rings. The molecule has 21 heavy (non-hydrogen) atoms. The Morgan fingerprint density at radius 3 is 2.67 bits per heavy atom. The van der Waals surface area contributed by atoms with Crippen molar-refractivity contribution in [1.82, 2.24) is 9.62 Å². The van der Waals surface area contributed by atoms with Gasteiger partial charge in [-0.2, -0.15) is 4.31 Å². The molecule has 0 saturated heterocycles. The highest BCUT2D eigenvalue weighted by atomic mass is 32.2. The zero-order valence-electron chi connectivity index (χ0n) is 13.1. The van der Waals surface area contributed by atoms with E-state index in [0.29, 0.717) is 24.0 Å². The molecule has 118 valence electrons. The van der Waals surface area contributed by atoms with E-state index < -0.39 is 10.0 Å². The molecule has 1 aromatic rings. The van der Waals surface area contributed by atoms with Crippen molar-refractivity contribution in [3.63, 3.8) is 0 Å². The summed E-state index contributed by atoms with van der Waals surface area (Å²) in [4.78, 5) is 2.42.